The fourth-order valence-corrected chi connectivity index (χ4v) is 2.38. The quantitative estimate of drug-likeness (QED) is 0.321. The van der Waals surface area contributed by atoms with Gasteiger partial charge < -0.3 is 4.90 Å². The fraction of sp³-hybridized carbons (Fsp3) is 0.769. The summed E-state index contributed by atoms with van der Waals surface area (Å²) in [5.74, 6) is -0.568. The topological polar surface area (TPSA) is 154 Å². The Kier molecular flexibility index (Phi) is 8.06. The number of carbonyl (C=O) groups is 3. The summed E-state index contributed by atoms with van der Waals surface area (Å²) in [6.07, 6.45) is 3.15. The monoisotopic (exact) mass is 380 g/mol. The molecule has 25 heavy (non-hydrogen) atoms. The van der Waals surface area contributed by atoms with Gasteiger partial charge in [0.05, 0.1) is 0 Å². The van der Waals surface area contributed by atoms with E-state index in [1.54, 1.807) is 19.3 Å². The second kappa shape index (κ2) is 9.53. The lowest BCUT2D eigenvalue weighted by atomic mass is 10.1. The van der Waals surface area contributed by atoms with Crippen molar-refractivity contribution in [1.29, 1.82) is 0 Å². The van der Waals surface area contributed by atoms with Crippen LogP contribution in [0.25, 0.3) is 0 Å². The third-order valence-electron chi connectivity index (χ3n) is 3.57. The van der Waals surface area contributed by atoms with Crippen LogP contribution in [0.3, 0.4) is 0 Å². The maximum absolute atomic E-state index is 12.3. The van der Waals surface area contributed by atoms with E-state index in [4.69, 9.17) is 4.55 Å². The SMILES string of the molecule is CCC[C@@H](C(=O)NNC(=O)CC1CC1)N(CC)C(=O)NOS(=O)(=O)O. The first-order valence-corrected chi connectivity index (χ1v) is 9.35. The van der Waals surface area contributed by atoms with Crippen LogP contribution in [0.15, 0.2) is 0 Å². The van der Waals surface area contributed by atoms with Crippen molar-refractivity contribution in [2.45, 2.75) is 52.0 Å². The van der Waals surface area contributed by atoms with Crippen LogP contribution in [-0.2, 0) is 24.3 Å². The molecule has 0 aromatic heterocycles. The summed E-state index contributed by atoms with van der Waals surface area (Å²) < 4.78 is 33.3. The van der Waals surface area contributed by atoms with Gasteiger partial charge in [-0.2, -0.15) is 13.9 Å². The molecule has 0 radical (unpaired) electrons. The van der Waals surface area contributed by atoms with Crippen LogP contribution in [0.1, 0.15) is 46.0 Å². The zero-order valence-corrected chi connectivity index (χ0v) is 15.0. The zero-order chi connectivity index (χ0) is 19.0. The van der Waals surface area contributed by atoms with Crippen molar-refractivity contribution in [3.63, 3.8) is 0 Å². The third-order valence-corrected chi connectivity index (χ3v) is 3.87. The molecule has 12 heteroatoms. The minimum atomic E-state index is -4.86. The lowest BCUT2D eigenvalue weighted by molar-refractivity contribution is -0.131. The second-order valence-corrected chi connectivity index (χ2v) is 6.72. The van der Waals surface area contributed by atoms with Crippen LogP contribution in [0.4, 0.5) is 4.79 Å². The molecule has 0 unspecified atom stereocenters. The Morgan fingerprint density at radius 3 is 2.36 bits per heavy atom. The average molecular weight is 380 g/mol. The highest BCUT2D eigenvalue weighted by Gasteiger charge is 2.30. The summed E-state index contributed by atoms with van der Waals surface area (Å²) in [6, 6.07) is -1.97. The minimum absolute atomic E-state index is 0.0643. The van der Waals surface area contributed by atoms with Gasteiger partial charge in [-0.15, -0.1) is 4.28 Å². The van der Waals surface area contributed by atoms with Gasteiger partial charge in [-0.05, 0) is 32.1 Å². The number of nitrogens with zero attached hydrogens (tertiary/aromatic N) is 1. The average Bonchev–Trinajstić information content (AvgIpc) is 3.33. The molecular weight excluding hydrogens is 356 g/mol. The summed E-state index contributed by atoms with van der Waals surface area (Å²) in [5.41, 5.74) is 6.13. The number of amides is 4. The highest BCUT2D eigenvalue weighted by Crippen LogP contribution is 2.31. The molecule has 0 aromatic rings. The standard InChI is InChI=1S/C13H24N4O7S/c1-3-5-10(12(19)15-14-11(18)8-9-6-7-9)17(4-2)13(20)16-24-25(21,22)23/h9-10H,3-8H2,1-2H3,(H,14,18)(H,15,19)(H,16,20)(H,21,22,23)/t10-/m0/s1. The summed E-state index contributed by atoms with van der Waals surface area (Å²) in [6.45, 7) is 3.44. The highest BCUT2D eigenvalue weighted by atomic mass is 32.3. The number of hydrazine groups is 1. The lowest BCUT2D eigenvalue weighted by Gasteiger charge is -2.29. The first kappa shape index (κ1) is 21.1. The van der Waals surface area contributed by atoms with E-state index in [1.165, 1.54) is 0 Å². The van der Waals surface area contributed by atoms with Crippen LogP contribution in [0, 0.1) is 5.92 Å². The van der Waals surface area contributed by atoms with E-state index in [9.17, 15) is 22.8 Å². The molecule has 4 amide bonds. The molecule has 0 spiro atoms. The van der Waals surface area contributed by atoms with Gasteiger partial charge in [0.1, 0.15) is 6.04 Å². The molecule has 0 aromatic carbocycles. The molecule has 1 saturated carbocycles. The van der Waals surface area contributed by atoms with Gasteiger partial charge in [0.2, 0.25) is 5.91 Å². The van der Waals surface area contributed by atoms with Crippen LogP contribution < -0.4 is 16.3 Å². The van der Waals surface area contributed by atoms with Gasteiger partial charge in [-0.3, -0.25) is 25.0 Å². The van der Waals surface area contributed by atoms with Gasteiger partial charge in [-0.1, -0.05) is 13.3 Å². The predicted octanol–water partition coefficient (Wildman–Crippen LogP) is -0.131. The molecule has 4 N–H and O–H groups in total. The summed E-state index contributed by atoms with van der Waals surface area (Å²) >= 11 is 0. The van der Waals surface area contributed by atoms with Gasteiger partial charge >= 0.3 is 16.4 Å². The maximum atomic E-state index is 12.3. The fourth-order valence-electron chi connectivity index (χ4n) is 2.20. The van der Waals surface area contributed by atoms with Crippen molar-refractivity contribution in [2.75, 3.05) is 6.54 Å². The van der Waals surface area contributed by atoms with E-state index < -0.39 is 28.4 Å². The van der Waals surface area contributed by atoms with Crippen molar-refractivity contribution in [1.82, 2.24) is 21.2 Å². The molecule has 0 aliphatic heterocycles. The molecule has 0 bridgehead atoms. The number of nitrogens with one attached hydrogen (secondary N) is 3. The molecule has 1 rings (SSSR count). The minimum Gasteiger partial charge on any atom is -0.311 e. The molecular formula is C13H24N4O7S. The number of likely N-dealkylation sites (N-methyl/N-ethyl adjacent to an activating group) is 1. The van der Waals surface area contributed by atoms with Crippen LogP contribution in [0.5, 0.6) is 0 Å². The molecule has 144 valence electrons. The lowest BCUT2D eigenvalue weighted by Crippen LogP contribution is -2.56. The van der Waals surface area contributed by atoms with Gasteiger partial charge in [0, 0.05) is 13.0 Å². The largest absolute Gasteiger partial charge is 0.418 e. The molecule has 1 fully saturated rings. The Morgan fingerprint density at radius 2 is 1.88 bits per heavy atom. The molecule has 0 saturated heterocycles. The number of carbonyl (C=O) groups excluding carboxylic acids is 3. The Labute approximate surface area is 146 Å². The maximum Gasteiger partial charge on any atom is 0.418 e. The summed E-state index contributed by atoms with van der Waals surface area (Å²) in [7, 11) is -4.86. The number of rotatable bonds is 9. The van der Waals surface area contributed by atoms with Gasteiger partial charge in [0.25, 0.3) is 5.91 Å². The number of hydroxylamine groups is 1. The molecule has 1 aliphatic carbocycles. The Bertz CT molecular complexity index is 591. The Morgan fingerprint density at radius 1 is 1.24 bits per heavy atom. The molecule has 1 atom stereocenters. The Balaban J connectivity index is 2.63. The van der Waals surface area contributed by atoms with E-state index in [-0.39, 0.29) is 18.9 Å². The van der Waals surface area contributed by atoms with Crippen LogP contribution in [0.2, 0.25) is 0 Å². The van der Waals surface area contributed by atoms with Crippen molar-refractivity contribution in [3.8, 4) is 0 Å². The van der Waals surface area contributed by atoms with E-state index >= 15 is 0 Å². The van der Waals surface area contributed by atoms with E-state index in [0.717, 1.165) is 17.7 Å². The number of hydrogen-bond donors (Lipinski definition) is 4. The Hall–Kier alpha value is -1.92. The number of urea groups is 1. The van der Waals surface area contributed by atoms with Gasteiger partial charge in [-0.25, -0.2) is 4.79 Å². The van der Waals surface area contributed by atoms with Crippen molar-refractivity contribution >= 4 is 28.2 Å². The van der Waals surface area contributed by atoms with Crippen molar-refractivity contribution in [2.24, 2.45) is 5.92 Å². The molecule has 11 nitrogen and oxygen atoms in total. The molecule has 1 aliphatic rings. The van der Waals surface area contributed by atoms with Crippen molar-refractivity contribution in [3.05, 3.63) is 0 Å². The van der Waals surface area contributed by atoms with Gasteiger partial charge in [0.15, 0.2) is 0 Å². The number of hydrogen-bond acceptors (Lipinski definition) is 6. The second-order valence-electron chi connectivity index (χ2n) is 5.69. The van der Waals surface area contributed by atoms with E-state index in [2.05, 4.69) is 15.1 Å². The summed E-state index contributed by atoms with van der Waals surface area (Å²) in [4.78, 5) is 36.9. The molecule has 0 heterocycles. The first-order valence-electron chi connectivity index (χ1n) is 7.99. The third kappa shape index (κ3) is 8.14. The smallest absolute Gasteiger partial charge is 0.311 e. The van der Waals surface area contributed by atoms with Crippen LogP contribution in [-0.4, -0.2) is 48.3 Å². The van der Waals surface area contributed by atoms with E-state index in [1.807, 2.05) is 0 Å². The zero-order valence-electron chi connectivity index (χ0n) is 14.1. The normalized spacial score (nSPS) is 15.2. The highest BCUT2D eigenvalue weighted by molar-refractivity contribution is 7.80. The van der Waals surface area contributed by atoms with E-state index in [0.29, 0.717) is 18.8 Å². The van der Waals surface area contributed by atoms with Crippen LogP contribution >= 0.6 is 0 Å². The predicted molar refractivity (Wildman–Crippen MR) is 85.9 cm³/mol. The van der Waals surface area contributed by atoms with Crippen molar-refractivity contribution < 1.29 is 31.6 Å². The summed E-state index contributed by atoms with van der Waals surface area (Å²) in [5, 5.41) is 0. The first-order chi connectivity index (χ1) is 11.7.